The van der Waals surface area contributed by atoms with Crippen LogP contribution in [0.2, 0.25) is 0 Å². The first kappa shape index (κ1) is 15.6. The van der Waals surface area contributed by atoms with E-state index >= 15 is 0 Å². The second kappa shape index (κ2) is 6.87. The van der Waals surface area contributed by atoms with Crippen molar-refractivity contribution in [1.82, 2.24) is 9.97 Å². The van der Waals surface area contributed by atoms with Crippen LogP contribution >= 0.6 is 22.6 Å². The van der Waals surface area contributed by atoms with Crippen LogP contribution in [0, 0.1) is 3.57 Å². The van der Waals surface area contributed by atoms with Gasteiger partial charge in [0.25, 0.3) is 0 Å². The molecule has 3 aromatic rings. The highest BCUT2D eigenvalue weighted by Gasteiger charge is 2.18. The molecular formula is C18H13IN2O2. The summed E-state index contributed by atoms with van der Waals surface area (Å²) in [5.41, 5.74) is 2.72. The van der Waals surface area contributed by atoms with Gasteiger partial charge in [0, 0.05) is 20.9 Å². The van der Waals surface area contributed by atoms with Gasteiger partial charge in [-0.2, -0.15) is 0 Å². The molecule has 0 aliphatic rings. The molecule has 4 nitrogen and oxygen atoms in total. The van der Waals surface area contributed by atoms with E-state index in [1.807, 2.05) is 54.6 Å². The van der Waals surface area contributed by atoms with Gasteiger partial charge in [-0.3, -0.25) is 0 Å². The lowest BCUT2D eigenvalue weighted by molar-refractivity contribution is 0.0601. The molecule has 2 aromatic carbocycles. The fraction of sp³-hybridized carbons (Fsp3) is 0.0556. The number of nitrogens with zero attached hydrogens (tertiary/aromatic N) is 2. The molecule has 0 saturated heterocycles. The number of benzene rings is 2. The summed E-state index contributed by atoms with van der Waals surface area (Å²) >= 11 is 2.23. The monoisotopic (exact) mass is 416 g/mol. The third kappa shape index (κ3) is 3.24. The molecule has 1 aromatic heterocycles. The predicted octanol–water partition coefficient (Wildman–Crippen LogP) is 4.20. The van der Waals surface area contributed by atoms with Crippen LogP contribution < -0.4 is 0 Å². The number of ether oxygens (including phenoxy) is 1. The molecule has 0 aliphatic carbocycles. The predicted molar refractivity (Wildman–Crippen MR) is 97.0 cm³/mol. The molecule has 0 fully saturated rings. The normalized spacial score (nSPS) is 10.3. The molecule has 0 spiro atoms. The molecule has 23 heavy (non-hydrogen) atoms. The Kier molecular flexibility index (Phi) is 4.66. The zero-order valence-corrected chi connectivity index (χ0v) is 14.5. The van der Waals surface area contributed by atoms with Crippen molar-refractivity contribution in [2.45, 2.75) is 0 Å². The van der Waals surface area contributed by atoms with Gasteiger partial charge in [0.2, 0.25) is 0 Å². The van der Waals surface area contributed by atoms with E-state index in [9.17, 15) is 4.79 Å². The summed E-state index contributed by atoms with van der Waals surface area (Å²) < 4.78 is 5.87. The van der Waals surface area contributed by atoms with Gasteiger partial charge in [-0.1, -0.05) is 48.5 Å². The summed E-state index contributed by atoms with van der Waals surface area (Å²) in [6, 6.07) is 17.4. The van der Waals surface area contributed by atoms with Crippen molar-refractivity contribution in [3.05, 3.63) is 69.9 Å². The molecule has 0 saturated carbocycles. The molecule has 0 amide bonds. The molecule has 0 atom stereocenters. The van der Waals surface area contributed by atoms with Crippen LogP contribution in [0.25, 0.3) is 22.6 Å². The van der Waals surface area contributed by atoms with Gasteiger partial charge < -0.3 is 4.74 Å². The van der Waals surface area contributed by atoms with Crippen LogP contribution in [-0.2, 0) is 4.74 Å². The van der Waals surface area contributed by atoms with Crippen LogP contribution in [0.15, 0.2) is 60.8 Å². The molecule has 0 N–H and O–H groups in total. The number of aromatic nitrogens is 2. The molecule has 5 heteroatoms. The third-order valence-electron chi connectivity index (χ3n) is 3.36. The SMILES string of the molecule is COC(=O)c1cnc(-c2ccccc2)nc1-c1ccccc1I. The Morgan fingerprint density at radius 3 is 2.43 bits per heavy atom. The average molecular weight is 416 g/mol. The lowest BCUT2D eigenvalue weighted by Crippen LogP contribution is -2.07. The maximum Gasteiger partial charge on any atom is 0.341 e. The highest BCUT2D eigenvalue weighted by Crippen LogP contribution is 2.28. The third-order valence-corrected chi connectivity index (χ3v) is 4.30. The Morgan fingerprint density at radius 1 is 1.04 bits per heavy atom. The largest absolute Gasteiger partial charge is 0.465 e. The number of carbonyl (C=O) groups is 1. The van der Waals surface area contributed by atoms with Crippen molar-refractivity contribution in [2.75, 3.05) is 7.11 Å². The summed E-state index contributed by atoms with van der Waals surface area (Å²) in [4.78, 5) is 21.0. The summed E-state index contributed by atoms with van der Waals surface area (Å²) in [6.07, 6.45) is 1.53. The van der Waals surface area contributed by atoms with Gasteiger partial charge in [-0.05, 0) is 28.7 Å². The van der Waals surface area contributed by atoms with E-state index in [0.29, 0.717) is 17.1 Å². The van der Waals surface area contributed by atoms with Crippen molar-refractivity contribution >= 4 is 28.6 Å². The van der Waals surface area contributed by atoms with E-state index in [1.165, 1.54) is 13.3 Å². The van der Waals surface area contributed by atoms with Gasteiger partial charge in [-0.15, -0.1) is 0 Å². The number of rotatable bonds is 3. The van der Waals surface area contributed by atoms with Crippen molar-refractivity contribution in [3.63, 3.8) is 0 Å². The van der Waals surface area contributed by atoms with Gasteiger partial charge >= 0.3 is 5.97 Å². The summed E-state index contributed by atoms with van der Waals surface area (Å²) in [5.74, 6) is 0.132. The second-order valence-corrected chi connectivity index (χ2v) is 5.96. The minimum absolute atomic E-state index is 0.358. The number of carbonyl (C=O) groups excluding carboxylic acids is 1. The lowest BCUT2D eigenvalue weighted by atomic mass is 10.1. The quantitative estimate of drug-likeness (QED) is 0.475. The Hall–Kier alpha value is -2.28. The van der Waals surface area contributed by atoms with Crippen LogP contribution in [0.3, 0.4) is 0 Å². The maximum absolute atomic E-state index is 12.1. The Morgan fingerprint density at radius 2 is 1.74 bits per heavy atom. The number of halogens is 1. The zero-order chi connectivity index (χ0) is 16.2. The van der Waals surface area contributed by atoms with E-state index in [0.717, 1.165) is 14.7 Å². The summed E-state index contributed by atoms with van der Waals surface area (Å²) in [7, 11) is 1.35. The van der Waals surface area contributed by atoms with Crippen molar-refractivity contribution < 1.29 is 9.53 Å². The molecule has 0 bridgehead atoms. The topological polar surface area (TPSA) is 52.1 Å². The number of hydrogen-bond donors (Lipinski definition) is 0. The second-order valence-electron chi connectivity index (χ2n) is 4.79. The summed E-state index contributed by atoms with van der Waals surface area (Å²) in [5, 5.41) is 0. The fourth-order valence-corrected chi connectivity index (χ4v) is 2.87. The molecule has 1 heterocycles. The first-order valence-corrected chi connectivity index (χ1v) is 8.04. The van der Waals surface area contributed by atoms with Crippen molar-refractivity contribution in [1.29, 1.82) is 0 Å². The minimum atomic E-state index is -0.445. The molecule has 0 radical (unpaired) electrons. The number of esters is 1. The molecule has 0 aliphatic heterocycles. The van der Waals surface area contributed by atoms with E-state index in [-0.39, 0.29) is 0 Å². The highest BCUT2D eigenvalue weighted by atomic mass is 127. The maximum atomic E-state index is 12.1. The van der Waals surface area contributed by atoms with E-state index in [1.54, 1.807) is 0 Å². The molecule has 0 unspecified atom stereocenters. The summed E-state index contributed by atoms with van der Waals surface area (Å²) in [6.45, 7) is 0. The first-order valence-electron chi connectivity index (χ1n) is 6.96. The van der Waals surface area contributed by atoms with Crippen molar-refractivity contribution in [2.24, 2.45) is 0 Å². The Labute approximate surface area is 147 Å². The van der Waals surface area contributed by atoms with Crippen LogP contribution in [0.1, 0.15) is 10.4 Å². The number of methoxy groups -OCH3 is 1. The number of hydrogen-bond acceptors (Lipinski definition) is 4. The van der Waals surface area contributed by atoms with Gasteiger partial charge in [-0.25, -0.2) is 14.8 Å². The van der Waals surface area contributed by atoms with Crippen molar-refractivity contribution in [3.8, 4) is 22.6 Å². The molecule has 114 valence electrons. The standard InChI is InChI=1S/C18H13IN2O2/c1-23-18(22)14-11-20-17(12-7-3-2-4-8-12)21-16(14)13-9-5-6-10-15(13)19/h2-11H,1H3. The fourth-order valence-electron chi connectivity index (χ4n) is 2.23. The van der Waals surface area contributed by atoms with Crippen LogP contribution in [0.4, 0.5) is 0 Å². The van der Waals surface area contributed by atoms with E-state index < -0.39 is 5.97 Å². The van der Waals surface area contributed by atoms with Gasteiger partial charge in [0.1, 0.15) is 5.56 Å². The van der Waals surface area contributed by atoms with Gasteiger partial charge in [0.15, 0.2) is 5.82 Å². The first-order chi connectivity index (χ1) is 11.2. The zero-order valence-electron chi connectivity index (χ0n) is 12.4. The Bertz CT molecular complexity index is 851. The highest BCUT2D eigenvalue weighted by molar-refractivity contribution is 14.1. The minimum Gasteiger partial charge on any atom is -0.465 e. The van der Waals surface area contributed by atoms with Crippen LogP contribution in [0.5, 0.6) is 0 Å². The van der Waals surface area contributed by atoms with E-state index in [2.05, 4.69) is 32.6 Å². The smallest absolute Gasteiger partial charge is 0.341 e. The molecule has 3 rings (SSSR count). The van der Waals surface area contributed by atoms with Gasteiger partial charge in [0.05, 0.1) is 12.8 Å². The average Bonchev–Trinajstić information content (AvgIpc) is 2.62. The lowest BCUT2D eigenvalue weighted by Gasteiger charge is -2.10. The van der Waals surface area contributed by atoms with E-state index in [4.69, 9.17) is 4.74 Å². The molecular weight excluding hydrogens is 403 g/mol. The van der Waals surface area contributed by atoms with Crippen LogP contribution in [-0.4, -0.2) is 23.0 Å². The Balaban J connectivity index is 2.21.